The summed E-state index contributed by atoms with van der Waals surface area (Å²) in [5.41, 5.74) is 0. The van der Waals surface area contributed by atoms with E-state index in [-0.39, 0.29) is 40.0 Å². The van der Waals surface area contributed by atoms with E-state index in [9.17, 15) is 0 Å². The fraction of sp³-hybridized carbons (Fsp3) is 0. The van der Waals surface area contributed by atoms with Crippen LogP contribution in [0.4, 0.5) is 0 Å². The van der Waals surface area contributed by atoms with Gasteiger partial charge in [-0.25, -0.2) is 11.3 Å². The molecule has 0 aliphatic rings. The molecule has 0 aliphatic heterocycles. The van der Waals surface area contributed by atoms with Gasteiger partial charge in [0.15, 0.2) is 0 Å². The standard InChI is InChI=1S/C8H5S.BrH.Mg/c1-2-4-8-7(3-1)5-6-9-8;;/h1-4,6H;1H;/q-1;;+2/p-1. The van der Waals surface area contributed by atoms with Gasteiger partial charge in [-0.1, -0.05) is 16.1 Å². The Morgan fingerprint density at radius 1 is 1.18 bits per heavy atom. The van der Waals surface area contributed by atoms with Crippen molar-refractivity contribution in [3.63, 3.8) is 0 Å². The molecule has 0 nitrogen and oxygen atoms in total. The molecular formula is C8H5BrMgS. The molecule has 1 aromatic heterocycles. The Morgan fingerprint density at radius 2 is 1.91 bits per heavy atom. The maximum absolute atomic E-state index is 3.14. The van der Waals surface area contributed by atoms with Gasteiger partial charge in [0.05, 0.1) is 0 Å². The quantitative estimate of drug-likeness (QED) is 0.421. The largest absolute Gasteiger partial charge is 2.00 e. The van der Waals surface area contributed by atoms with Crippen LogP contribution in [0.15, 0.2) is 29.6 Å². The summed E-state index contributed by atoms with van der Waals surface area (Å²) in [5.74, 6) is 0. The van der Waals surface area contributed by atoms with E-state index in [4.69, 9.17) is 0 Å². The minimum Gasteiger partial charge on any atom is -1.00 e. The molecule has 2 aromatic rings. The van der Waals surface area contributed by atoms with Crippen molar-refractivity contribution < 1.29 is 17.0 Å². The molecule has 0 saturated carbocycles. The molecule has 0 atom stereocenters. The van der Waals surface area contributed by atoms with Crippen molar-refractivity contribution in [1.29, 1.82) is 0 Å². The van der Waals surface area contributed by atoms with E-state index < -0.39 is 0 Å². The Bertz CT molecular complexity index is 288. The predicted molar refractivity (Wildman–Crippen MR) is 46.4 cm³/mol. The summed E-state index contributed by atoms with van der Waals surface area (Å²) >= 11 is 1.73. The molecule has 0 radical (unpaired) electrons. The Hall–Kier alpha value is 0.426. The van der Waals surface area contributed by atoms with Crippen molar-refractivity contribution in [1.82, 2.24) is 0 Å². The minimum absolute atomic E-state index is 0. The van der Waals surface area contributed by atoms with E-state index in [1.165, 1.54) is 10.1 Å². The summed E-state index contributed by atoms with van der Waals surface area (Å²) in [5, 5.41) is 3.22. The second-order valence-electron chi connectivity index (χ2n) is 1.88. The van der Waals surface area contributed by atoms with Crippen molar-refractivity contribution in [2.75, 3.05) is 0 Å². The van der Waals surface area contributed by atoms with Gasteiger partial charge in [-0.3, -0.25) is 0 Å². The Kier molecular flexibility index (Phi) is 5.34. The second-order valence-corrected chi connectivity index (χ2v) is 2.79. The molecule has 0 aliphatic carbocycles. The van der Waals surface area contributed by atoms with Gasteiger partial charge in [0.2, 0.25) is 0 Å². The zero-order chi connectivity index (χ0) is 6.10. The molecule has 1 heterocycles. The van der Waals surface area contributed by atoms with Crippen molar-refractivity contribution in [2.24, 2.45) is 0 Å². The van der Waals surface area contributed by atoms with Crippen molar-refractivity contribution >= 4 is 44.5 Å². The van der Waals surface area contributed by atoms with E-state index in [1.54, 1.807) is 11.3 Å². The van der Waals surface area contributed by atoms with Crippen LogP contribution in [-0.4, -0.2) is 23.1 Å². The van der Waals surface area contributed by atoms with Crippen molar-refractivity contribution in [3.8, 4) is 0 Å². The van der Waals surface area contributed by atoms with E-state index in [2.05, 4.69) is 18.2 Å². The van der Waals surface area contributed by atoms with Gasteiger partial charge < -0.3 is 17.0 Å². The van der Waals surface area contributed by atoms with Gasteiger partial charge in [0.1, 0.15) is 0 Å². The fourth-order valence-electron chi connectivity index (χ4n) is 0.845. The molecule has 0 fully saturated rings. The maximum Gasteiger partial charge on any atom is 2.00 e. The third kappa shape index (κ3) is 2.44. The zero-order valence-corrected chi connectivity index (χ0v) is 9.70. The molecular weight excluding hydrogens is 232 g/mol. The summed E-state index contributed by atoms with van der Waals surface area (Å²) in [4.78, 5) is 0. The van der Waals surface area contributed by atoms with Gasteiger partial charge in [-0.2, -0.15) is 17.5 Å². The molecule has 2 rings (SSSR count). The summed E-state index contributed by atoms with van der Waals surface area (Å²) < 4.78 is 1.32. The molecule has 0 spiro atoms. The van der Waals surface area contributed by atoms with Crippen LogP contribution in [0.2, 0.25) is 0 Å². The Balaban J connectivity index is 0.000000500. The predicted octanol–water partition coefficient (Wildman–Crippen LogP) is -0.675. The van der Waals surface area contributed by atoms with Crippen molar-refractivity contribution in [3.05, 3.63) is 35.7 Å². The first-order valence-electron chi connectivity index (χ1n) is 2.81. The summed E-state index contributed by atoms with van der Waals surface area (Å²) in [6.45, 7) is 0. The smallest absolute Gasteiger partial charge is 1.00 e. The van der Waals surface area contributed by atoms with E-state index >= 15 is 0 Å². The van der Waals surface area contributed by atoms with E-state index in [1.807, 2.05) is 17.5 Å². The van der Waals surface area contributed by atoms with Crippen LogP contribution in [0, 0.1) is 6.07 Å². The molecule has 0 N–H and O–H groups in total. The fourth-order valence-corrected chi connectivity index (χ4v) is 1.57. The van der Waals surface area contributed by atoms with Crippen LogP contribution in [0.5, 0.6) is 0 Å². The molecule has 1 aromatic carbocycles. The maximum atomic E-state index is 3.14. The zero-order valence-electron chi connectivity index (χ0n) is 5.88. The van der Waals surface area contributed by atoms with Crippen LogP contribution in [0.1, 0.15) is 0 Å². The SMILES string of the molecule is [Br-].[Mg+2].[c-]1csc2ccccc12. The van der Waals surface area contributed by atoms with Crippen LogP contribution in [-0.2, 0) is 0 Å². The summed E-state index contributed by atoms with van der Waals surface area (Å²) in [6.07, 6.45) is 0. The molecule has 11 heavy (non-hydrogen) atoms. The van der Waals surface area contributed by atoms with Crippen LogP contribution < -0.4 is 17.0 Å². The first-order chi connectivity index (χ1) is 4.47. The molecule has 0 amide bonds. The summed E-state index contributed by atoms with van der Waals surface area (Å²) in [6, 6.07) is 11.4. The Labute approximate surface area is 96.5 Å². The number of hydrogen-bond donors (Lipinski definition) is 0. The number of fused-ring (bicyclic) bond motifs is 1. The number of hydrogen-bond acceptors (Lipinski definition) is 1. The van der Waals surface area contributed by atoms with Crippen LogP contribution >= 0.6 is 11.3 Å². The average molecular weight is 237 g/mol. The van der Waals surface area contributed by atoms with Gasteiger partial charge in [0, 0.05) is 0 Å². The molecule has 0 unspecified atom stereocenters. The third-order valence-electron chi connectivity index (χ3n) is 1.29. The number of halogens is 1. The molecule has 3 heteroatoms. The number of thiophene rings is 1. The topological polar surface area (TPSA) is 0 Å². The number of rotatable bonds is 0. The average Bonchev–Trinajstić information content (AvgIpc) is 2.33. The van der Waals surface area contributed by atoms with Gasteiger partial charge in [0.25, 0.3) is 0 Å². The normalized spacial score (nSPS) is 8.36. The van der Waals surface area contributed by atoms with Crippen LogP contribution in [0.3, 0.4) is 0 Å². The molecule has 52 valence electrons. The van der Waals surface area contributed by atoms with Gasteiger partial charge >= 0.3 is 23.1 Å². The minimum atomic E-state index is 0. The number of benzene rings is 1. The monoisotopic (exact) mass is 236 g/mol. The van der Waals surface area contributed by atoms with E-state index in [0.29, 0.717) is 0 Å². The van der Waals surface area contributed by atoms with Crippen LogP contribution in [0.25, 0.3) is 10.1 Å². The second kappa shape index (κ2) is 5.14. The van der Waals surface area contributed by atoms with Crippen molar-refractivity contribution in [2.45, 2.75) is 0 Å². The first kappa shape index (κ1) is 11.4. The van der Waals surface area contributed by atoms with E-state index in [0.717, 1.165) is 0 Å². The third-order valence-corrected chi connectivity index (χ3v) is 2.13. The molecule has 0 saturated heterocycles. The first-order valence-corrected chi connectivity index (χ1v) is 3.69. The molecule has 0 bridgehead atoms. The summed E-state index contributed by atoms with van der Waals surface area (Å²) in [7, 11) is 0. The van der Waals surface area contributed by atoms with Gasteiger partial charge in [-0.15, -0.1) is 12.1 Å². The Morgan fingerprint density at radius 3 is 2.64 bits per heavy atom. The van der Waals surface area contributed by atoms with Gasteiger partial charge in [-0.05, 0) is 0 Å².